The first-order valence-electron chi connectivity index (χ1n) is 8.71. The molecule has 154 valence electrons. The van der Waals surface area contributed by atoms with E-state index in [1.807, 2.05) is 6.07 Å². The van der Waals surface area contributed by atoms with Crippen molar-refractivity contribution >= 4 is 21.3 Å². The third kappa shape index (κ3) is 5.03. The minimum absolute atomic E-state index is 0.0243. The Morgan fingerprint density at radius 1 is 1.30 bits per heavy atom. The van der Waals surface area contributed by atoms with Crippen molar-refractivity contribution < 1.29 is 13.4 Å². The third-order valence-corrected chi connectivity index (χ3v) is 4.52. The second kappa shape index (κ2) is 8.38. The summed E-state index contributed by atoms with van der Waals surface area (Å²) in [7, 11) is -2.31. The van der Waals surface area contributed by atoms with Crippen LogP contribution in [0.25, 0.3) is 5.82 Å². The van der Waals surface area contributed by atoms with Gasteiger partial charge in [-0.1, -0.05) is 0 Å². The first kappa shape index (κ1) is 21.1. The monoisotopic (exact) mass is 427 g/mol. The fourth-order valence-electron chi connectivity index (χ4n) is 2.66. The van der Waals surface area contributed by atoms with Crippen LogP contribution in [0.4, 0.5) is 10.1 Å². The minimum Gasteiger partial charge on any atom is -0.342 e. The van der Waals surface area contributed by atoms with E-state index in [-0.39, 0.29) is 11.1 Å². The van der Waals surface area contributed by atoms with Gasteiger partial charge < -0.3 is 5.32 Å². The largest absolute Gasteiger partial charge is 0.342 e. The van der Waals surface area contributed by atoms with Crippen molar-refractivity contribution in [3.05, 3.63) is 65.6 Å². The van der Waals surface area contributed by atoms with Gasteiger partial charge in [-0.15, -0.1) is 0 Å². The fraction of sp³-hybridized carbons (Fsp3) is 0.211. The zero-order valence-corrected chi connectivity index (χ0v) is 17.2. The van der Waals surface area contributed by atoms with Gasteiger partial charge in [0.25, 0.3) is 5.91 Å². The number of aromatic nitrogens is 4. The Hall–Kier alpha value is -3.65. The molecule has 0 unspecified atom stereocenters. The molecule has 3 aromatic rings. The normalized spacial score (nSPS) is 12.1. The highest BCUT2D eigenvalue weighted by molar-refractivity contribution is 7.92. The predicted octanol–water partition coefficient (Wildman–Crippen LogP) is 2.52. The first-order valence-corrected chi connectivity index (χ1v) is 11.0. The molecule has 1 atom stereocenters. The molecule has 0 aliphatic carbocycles. The van der Waals surface area contributed by atoms with Crippen molar-refractivity contribution in [1.29, 1.82) is 5.26 Å². The quantitative estimate of drug-likeness (QED) is 0.667. The number of benzene rings is 1. The van der Waals surface area contributed by atoms with E-state index < -0.39 is 27.5 Å². The summed E-state index contributed by atoms with van der Waals surface area (Å²) in [6, 6.07) is 7.92. The Bertz CT molecular complexity index is 1250. The van der Waals surface area contributed by atoms with E-state index in [4.69, 9.17) is 5.26 Å². The lowest BCUT2D eigenvalue weighted by Gasteiger charge is -2.14. The second-order valence-corrected chi connectivity index (χ2v) is 9.26. The van der Waals surface area contributed by atoms with Gasteiger partial charge in [0.05, 0.1) is 29.6 Å². The highest BCUT2D eigenvalue weighted by Crippen LogP contribution is 2.18. The van der Waals surface area contributed by atoms with Gasteiger partial charge in [0, 0.05) is 27.8 Å². The molecule has 11 heteroatoms. The topological polar surface area (TPSA) is 126 Å². The zero-order chi connectivity index (χ0) is 21.9. The van der Waals surface area contributed by atoms with Crippen LogP contribution in [0.5, 0.6) is 0 Å². The SMILES string of the molecule is C[C@H](NC(=O)c1cc(F)cc(C#N)c1)c1ncnn1-c1ccc(N=S(C)(C)=O)cn1. The molecular formula is C19H18FN7O2S. The molecule has 1 aromatic carbocycles. The van der Waals surface area contributed by atoms with Gasteiger partial charge in [0.2, 0.25) is 0 Å². The van der Waals surface area contributed by atoms with Crippen molar-refractivity contribution in [2.75, 3.05) is 12.5 Å². The van der Waals surface area contributed by atoms with E-state index in [2.05, 4.69) is 24.7 Å². The number of pyridine rings is 1. The summed E-state index contributed by atoms with van der Waals surface area (Å²) in [4.78, 5) is 20.9. The lowest BCUT2D eigenvalue weighted by Crippen LogP contribution is -2.29. The van der Waals surface area contributed by atoms with Gasteiger partial charge in [-0.05, 0) is 37.3 Å². The Morgan fingerprint density at radius 3 is 2.70 bits per heavy atom. The molecule has 3 rings (SSSR count). The lowest BCUT2D eigenvalue weighted by molar-refractivity contribution is 0.0937. The molecule has 2 heterocycles. The summed E-state index contributed by atoms with van der Waals surface area (Å²) in [5.41, 5.74) is 0.543. The van der Waals surface area contributed by atoms with Crippen LogP contribution in [0.2, 0.25) is 0 Å². The molecule has 0 radical (unpaired) electrons. The number of nitrogens with one attached hydrogen (secondary N) is 1. The van der Waals surface area contributed by atoms with E-state index in [0.717, 1.165) is 12.1 Å². The van der Waals surface area contributed by atoms with Crippen LogP contribution in [0.3, 0.4) is 0 Å². The van der Waals surface area contributed by atoms with Crippen molar-refractivity contribution in [3.8, 4) is 11.9 Å². The molecule has 0 saturated carbocycles. The summed E-state index contributed by atoms with van der Waals surface area (Å²) in [6.07, 6.45) is 5.84. The molecular weight excluding hydrogens is 409 g/mol. The number of amides is 1. The fourth-order valence-corrected chi connectivity index (χ4v) is 3.28. The van der Waals surface area contributed by atoms with Gasteiger partial charge >= 0.3 is 0 Å². The van der Waals surface area contributed by atoms with Crippen LogP contribution in [0.15, 0.2) is 47.2 Å². The average Bonchev–Trinajstić information content (AvgIpc) is 3.16. The number of nitrogens with zero attached hydrogens (tertiary/aromatic N) is 6. The summed E-state index contributed by atoms with van der Waals surface area (Å²) >= 11 is 0. The minimum atomic E-state index is -2.31. The van der Waals surface area contributed by atoms with Gasteiger partial charge in [-0.3, -0.25) is 4.79 Å². The molecule has 0 saturated heterocycles. The van der Waals surface area contributed by atoms with Crippen LogP contribution < -0.4 is 5.32 Å². The van der Waals surface area contributed by atoms with Crippen molar-refractivity contribution in [3.63, 3.8) is 0 Å². The number of carbonyl (C=O) groups is 1. The predicted molar refractivity (Wildman–Crippen MR) is 108 cm³/mol. The van der Waals surface area contributed by atoms with E-state index in [0.29, 0.717) is 17.3 Å². The van der Waals surface area contributed by atoms with E-state index >= 15 is 0 Å². The Balaban J connectivity index is 1.83. The van der Waals surface area contributed by atoms with Gasteiger partial charge in [0.15, 0.2) is 11.6 Å². The zero-order valence-electron chi connectivity index (χ0n) is 16.4. The Labute approximate surface area is 172 Å². The molecule has 0 aliphatic rings. The standard InChI is InChI=1S/C19H18FN7O2S/c1-12(25-19(28)14-6-13(9-21)7-15(20)8-14)18-23-11-24-27(18)17-5-4-16(10-22-17)26-30(2,3)29/h4-8,10-12H,1-3H3,(H,25,28)/t12-/m0/s1. The number of hydrogen-bond acceptors (Lipinski definition) is 7. The smallest absolute Gasteiger partial charge is 0.252 e. The maximum atomic E-state index is 13.6. The average molecular weight is 427 g/mol. The number of halogens is 1. The highest BCUT2D eigenvalue weighted by Gasteiger charge is 2.19. The van der Waals surface area contributed by atoms with Gasteiger partial charge in [-0.2, -0.15) is 19.4 Å². The van der Waals surface area contributed by atoms with Gasteiger partial charge in [0.1, 0.15) is 12.1 Å². The van der Waals surface area contributed by atoms with Crippen molar-refractivity contribution in [1.82, 2.24) is 25.1 Å². The summed E-state index contributed by atoms with van der Waals surface area (Å²) in [6.45, 7) is 1.69. The highest BCUT2D eigenvalue weighted by atomic mass is 32.2. The van der Waals surface area contributed by atoms with Crippen LogP contribution in [-0.2, 0) is 9.73 Å². The maximum absolute atomic E-state index is 13.6. The molecule has 1 amide bonds. The Morgan fingerprint density at radius 2 is 2.07 bits per heavy atom. The van der Waals surface area contributed by atoms with Gasteiger partial charge in [-0.25, -0.2) is 18.6 Å². The first-order chi connectivity index (χ1) is 14.2. The molecule has 1 N–H and O–H groups in total. The lowest BCUT2D eigenvalue weighted by atomic mass is 10.1. The van der Waals surface area contributed by atoms with Crippen LogP contribution in [0.1, 0.15) is 34.7 Å². The number of nitriles is 1. The second-order valence-electron chi connectivity index (χ2n) is 6.71. The molecule has 0 fully saturated rings. The number of hydrogen-bond donors (Lipinski definition) is 1. The maximum Gasteiger partial charge on any atom is 0.252 e. The molecule has 0 bridgehead atoms. The summed E-state index contributed by atoms with van der Waals surface area (Å²) in [5, 5.41) is 15.8. The number of rotatable bonds is 5. The van der Waals surface area contributed by atoms with Crippen molar-refractivity contribution in [2.24, 2.45) is 4.36 Å². The van der Waals surface area contributed by atoms with E-state index in [1.165, 1.54) is 35.8 Å². The van der Waals surface area contributed by atoms with E-state index in [1.54, 1.807) is 19.1 Å². The van der Waals surface area contributed by atoms with Crippen LogP contribution in [-0.4, -0.2) is 42.4 Å². The molecule has 30 heavy (non-hydrogen) atoms. The number of carbonyl (C=O) groups excluding carboxylic acids is 1. The van der Waals surface area contributed by atoms with Crippen LogP contribution in [0, 0.1) is 17.1 Å². The molecule has 9 nitrogen and oxygen atoms in total. The summed E-state index contributed by atoms with van der Waals surface area (Å²) in [5.74, 6) is -0.408. The third-order valence-electron chi connectivity index (χ3n) is 3.87. The molecule has 0 spiro atoms. The Kier molecular flexibility index (Phi) is 5.89. The van der Waals surface area contributed by atoms with Crippen LogP contribution >= 0.6 is 0 Å². The summed E-state index contributed by atoms with van der Waals surface area (Å²) < 4.78 is 30.9. The molecule has 0 aliphatic heterocycles. The van der Waals surface area contributed by atoms with Crippen molar-refractivity contribution in [2.45, 2.75) is 13.0 Å². The molecule has 2 aromatic heterocycles. The van der Waals surface area contributed by atoms with E-state index in [9.17, 15) is 13.4 Å².